The van der Waals surface area contributed by atoms with E-state index in [4.69, 9.17) is 9.15 Å². The second-order valence-corrected chi connectivity index (χ2v) is 7.11. The van der Waals surface area contributed by atoms with Gasteiger partial charge >= 0.3 is 0 Å². The summed E-state index contributed by atoms with van der Waals surface area (Å²) in [5.74, 6) is 0.635. The highest BCUT2D eigenvalue weighted by Crippen LogP contribution is 2.28. The van der Waals surface area contributed by atoms with E-state index in [1.807, 2.05) is 41.3 Å². The van der Waals surface area contributed by atoms with Crippen molar-refractivity contribution in [2.45, 2.75) is 19.4 Å². The molecule has 0 aliphatic carbocycles. The van der Waals surface area contributed by atoms with Crippen molar-refractivity contribution in [3.8, 4) is 17.1 Å². The molecule has 1 fully saturated rings. The third kappa shape index (κ3) is 4.05. The van der Waals surface area contributed by atoms with E-state index in [-0.39, 0.29) is 17.5 Å². The Morgan fingerprint density at radius 1 is 1.10 bits per heavy atom. The molecule has 0 saturated carbocycles. The number of benzene rings is 2. The van der Waals surface area contributed by atoms with Gasteiger partial charge in [-0.25, -0.2) is 4.98 Å². The van der Waals surface area contributed by atoms with Gasteiger partial charge in [-0.2, -0.15) is 0 Å². The molecule has 1 saturated heterocycles. The van der Waals surface area contributed by atoms with Crippen molar-refractivity contribution in [2.24, 2.45) is 0 Å². The number of amides is 2. The summed E-state index contributed by atoms with van der Waals surface area (Å²) in [6.07, 6.45) is 3.25. The Hall–Kier alpha value is -3.61. The van der Waals surface area contributed by atoms with Gasteiger partial charge in [0, 0.05) is 25.2 Å². The van der Waals surface area contributed by atoms with E-state index in [0.29, 0.717) is 23.4 Å². The molecule has 154 valence electrons. The lowest BCUT2D eigenvalue weighted by molar-refractivity contribution is 0.0792. The van der Waals surface area contributed by atoms with Crippen molar-refractivity contribution < 1.29 is 18.7 Å². The van der Waals surface area contributed by atoms with Crippen LogP contribution in [0, 0.1) is 0 Å². The van der Waals surface area contributed by atoms with Crippen molar-refractivity contribution in [1.29, 1.82) is 0 Å². The summed E-state index contributed by atoms with van der Waals surface area (Å²) in [5.41, 5.74) is 2.17. The average Bonchev–Trinajstić information content (AvgIpc) is 3.50. The van der Waals surface area contributed by atoms with Crippen LogP contribution in [0.15, 0.2) is 59.3 Å². The second kappa shape index (κ2) is 8.82. The van der Waals surface area contributed by atoms with E-state index < -0.39 is 0 Å². The van der Waals surface area contributed by atoms with Crippen molar-refractivity contribution in [2.75, 3.05) is 20.2 Å². The molecule has 1 aromatic heterocycles. The van der Waals surface area contributed by atoms with E-state index in [0.717, 1.165) is 37.2 Å². The third-order valence-corrected chi connectivity index (χ3v) is 5.19. The van der Waals surface area contributed by atoms with Crippen LogP contribution in [0.4, 0.5) is 0 Å². The maximum absolute atomic E-state index is 13.0. The fourth-order valence-corrected chi connectivity index (χ4v) is 3.57. The number of nitrogens with zero attached hydrogens (tertiary/aromatic N) is 2. The first kappa shape index (κ1) is 19.7. The molecule has 1 N–H and O–H groups in total. The Morgan fingerprint density at radius 3 is 2.57 bits per heavy atom. The van der Waals surface area contributed by atoms with Crippen molar-refractivity contribution in [1.82, 2.24) is 15.2 Å². The zero-order valence-electron chi connectivity index (χ0n) is 16.8. The molecule has 0 radical (unpaired) electrons. The van der Waals surface area contributed by atoms with Crippen LogP contribution in [0.5, 0.6) is 5.75 Å². The highest BCUT2D eigenvalue weighted by atomic mass is 16.5. The van der Waals surface area contributed by atoms with Crippen LogP contribution in [0.3, 0.4) is 0 Å². The number of ether oxygens (including phenoxy) is 1. The zero-order chi connectivity index (χ0) is 20.9. The SMILES string of the molecule is COc1ccc(CNC(=O)c2ncoc2-c2ccccc2C(=O)N2CCCC2)cc1. The number of rotatable bonds is 6. The predicted molar refractivity (Wildman–Crippen MR) is 111 cm³/mol. The summed E-state index contributed by atoms with van der Waals surface area (Å²) < 4.78 is 10.7. The van der Waals surface area contributed by atoms with Crippen molar-refractivity contribution >= 4 is 11.8 Å². The number of methoxy groups -OCH3 is 1. The molecule has 0 bridgehead atoms. The van der Waals surface area contributed by atoms with Crippen molar-refractivity contribution in [3.63, 3.8) is 0 Å². The summed E-state index contributed by atoms with van der Waals surface area (Å²) in [6.45, 7) is 1.83. The number of hydrogen-bond donors (Lipinski definition) is 1. The largest absolute Gasteiger partial charge is 0.497 e. The quantitative estimate of drug-likeness (QED) is 0.678. The molecule has 0 spiro atoms. The first-order chi connectivity index (χ1) is 14.7. The van der Waals surface area contributed by atoms with Crippen LogP contribution in [0.25, 0.3) is 11.3 Å². The normalized spacial score (nSPS) is 13.3. The second-order valence-electron chi connectivity index (χ2n) is 7.11. The van der Waals surface area contributed by atoms with Gasteiger partial charge in [0.2, 0.25) is 0 Å². The molecule has 4 rings (SSSR count). The van der Waals surface area contributed by atoms with E-state index in [1.54, 1.807) is 19.2 Å². The van der Waals surface area contributed by atoms with Gasteiger partial charge in [-0.05, 0) is 36.6 Å². The van der Waals surface area contributed by atoms with Gasteiger partial charge in [-0.15, -0.1) is 0 Å². The van der Waals surface area contributed by atoms with E-state index in [2.05, 4.69) is 10.3 Å². The van der Waals surface area contributed by atoms with E-state index >= 15 is 0 Å². The Labute approximate surface area is 174 Å². The predicted octanol–water partition coefficient (Wildman–Crippen LogP) is 3.52. The molecule has 7 heteroatoms. The number of hydrogen-bond acceptors (Lipinski definition) is 5. The van der Waals surface area contributed by atoms with E-state index in [9.17, 15) is 9.59 Å². The Bertz CT molecular complexity index is 1040. The summed E-state index contributed by atoms with van der Waals surface area (Å²) in [5, 5.41) is 2.86. The fourth-order valence-electron chi connectivity index (χ4n) is 3.57. The van der Waals surface area contributed by atoms with Gasteiger partial charge < -0.3 is 19.4 Å². The fraction of sp³-hybridized carbons (Fsp3) is 0.261. The topological polar surface area (TPSA) is 84.7 Å². The van der Waals surface area contributed by atoms with Crippen LogP contribution in [-0.4, -0.2) is 41.9 Å². The zero-order valence-corrected chi connectivity index (χ0v) is 16.8. The number of oxazole rings is 1. The molecular formula is C23H23N3O4. The van der Waals surface area contributed by atoms with Gasteiger partial charge in [0.25, 0.3) is 11.8 Å². The summed E-state index contributed by atoms with van der Waals surface area (Å²) >= 11 is 0. The summed E-state index contributed by atoms with van der Waals surface area (Å²) in [6, 6.07) is 14.6. The Morgan fingerprint density at radius 2 is 1.83 bits per heavy atom. The van der Waals surface area contributed by atoms with E-state index in [1.165, 1.54) is 6.39 Å². The maximum Gasteiger partial charge on any atom is 0.274 e. The average molecular weight is 405 g/mol. The summed E-state index contributed by atoms with van der Waals surface area (Å²) in [7, 11) is 1.61. The molecule has 1 aliphatic heterocycles. The number of aromatic nitrogens is 1. The third-order valence-electron chi connectivity index (χ3n) is 5.19. The molecule has 0 atom stereocenters. The number of likely N-dealkylation sites (tertiary alicyclic amines) is 1. The maximum atomic E-state index is 13.0. The number of carbonyl (C=O) groups excluding carboxylic acids is 2. The minimum Gasteiger partial charge on any atom is -0.497 e. The van der Waals surface area contributed by atoms with Crippen LogP contribution in [0.2, 0.25) is 0 Å². The van der Waals surface area contributed by atoms with Crippen molar-refractivity contribution in [3.05, 3.63) is 71.7 Å². The highest BCUT2D eigenvalue weighted by molar-refractivity contribution is 6.04. The van der Waals surface area contributed by atoms with Gasteiger partial charge in [-0.1, -0.05) is 30.3 Å². The molecule has 2 heterocycles. The minimum atomic E-state index is -0.363. The Kier molecular flexibility index (Phi) is 5.79. The molecule has 0 unspecified atom stereocenters. The molecule has 7 nitrogen and oxygen atoms in total. The van der Waals surface area contributed by atoms with Crippen LogP contribution in [-0.2, 0) is 6.54 Å². The molecule has 2 amide bonds. The lowest BCUT2D eigenvalue weighted by Gasteiger charge is -2.17. The smallest absolute Gasteiger partial charge is 0.274 e. The lowest BCUT2D eigenvalue weighted by Crippen LogP contribution is -2.28. The standard InChI is InChI=1S/C23H23N3O4/c1-29-17-10-8-16(9-11-17)14-24-22(27)20-21(30-15-25-20)18-6-2-3-7-19(18)23(28)26-12-4-5-13-26/h2-3,6-11,15H,4-5,12-14H2,1H3,(H,24,27). The van der Waals surface area contributed by atoms with Gasteiger partial charge in [0.05, 0.1) is 12.7 Å². The number of carbonyl (C=O) groups is 2. The summed E-state index contributed by atoms with van der Waals surface area (Å²) in [4.78, 5) is 31.7. The molecular weight excluding hydrogens is 382 g/mol. The first-order valence-electron chi connectivity index (χ1n) is 9.90. The molecule has 1 aliphatic rings. The highest BCUT2D eigenvalue weighted by Gasteiger charge is 2.26. The molecule has 2 aromatic carbocycles. The Balaban J connectivity index is 1.54. The van der Waals surface area contributed by atoms with Crippen LogP contribution < -0.4 is 10.1 Å². The monoisotopic (exact) mass is 405 g/mol. The molecule has 3 aromatic rings. The minimum absolute atomic E-state index is 0.0518. The molecule has 30 heavy (non-hydrogen) atoms. The van der Waals surface area contributed by atoms with Gasteiger partial charge in [0.1, 0.15) is 5.75 Å². The van der Waals surface area contributed by atoms with Gasteiger partial charge in [0.15, 0.2) is 17.8 Å². The van der Waals surface area contributed by atoms with Crippen LogP contribution in [0.1, 0.15) is 39.3 Å². The first-order valence-corrected chi connectivity index (χ1v) is 9.90. The lowest BCUT2D eigenvalue weighted by atomic mass is 10.0. The van der Waals surface area contributed by atoms with Gasteiger partial charge in [-0.3, -0.25) is 9.59 Å². The number of nitrogens with one attached hydrogen (secondary N) is 1. The van der Waals surface area contributed by atoms with Crippen LogP contribution >= 0.6 is 0 Å².